The quantitative estimate of drug-likeness (QED) is 0.651. The molecule has 4 aliphatic rings. The van der Waals surface area contributed by atoms with Crippen LogP contribution in [0.4, 0.5) is 0 Å². The Kier molecular flexibility index (Phi) is 2.02. The monoisotopic (exact) mass is 220 g/mol. The van der Waals surface area contributed by atoms with Crippen molar-refractivity contribution >= 4 is 0 Å². The van der Waals surface area contributed by atoms with Crippen LogP contribution >= 0.6 is 0 Å². The molecule has 0 radical (unpaired) electrons. The molecule has 4 rings (SSSR count). The Balaban J connectivity index is 1.67. The van der Waals surface area contributed by atoms with Gasteiger partial charge in [-0.1, -0.05) is 25.7 Å². The Morgan fingerprint density at radius 2 is 1.56 bits per heavy atom. The highest BCUT2D eigenvalue weighted by Crippen LogP contribution is 2.70. The van der Waals surface area contributed by atoms with E-state index < -0.39 is 0 Å². The van der Waals surface area contributed by atoms with E-state index in [2.05, 4.69) is 0 Å². The second-order valence-electron chi connectivity index (χ2n) is 6.84. The number of hydrogen-bond acceptors (Lipinski definition) is 1. The fraction of sp³-hybridized carbons (Fsp3) is 1.00. The van der Waals surface area contributed by atoms with Crippen LogP contribution in [0.25, 0.3) is 0 Å². The number of fused-ring (bicyclic) bond motifs is 3. The first-order chi connectivity index (χ1) is 7.87. The summed E-state index contributed by atoms with van der Waals surface area (Å²) in [5.41, 5.74) is 1.42. The average molecular weight is 220 g/mol. The van der Waals surface area contributed by atoms with Crippen molar-refractivity contribution in [1.29, 1.82) is 0 Å². The van der Waals surface area contributed by atoms with Gasteiger partial charge in [-0.2, -0.15) is 0 Å². The van der Waals surface area contributed by atoms with Gasteiger partial charge in [0.1, 0.15) is 0 Å². The summed E-state index contributed by atoms with van der Waals surface area (Å²) in [5, 5.41) is 0. The Morgan fingerprint density at radius 1 is 0.750 bits per heavy atom. The highest BCUT2D eigenvalue weighted by molar-refractivity contribution is 5.15. The van der Waals surface area contributed by atoms with Crippen molar-refractivity contribution in [2.45, 2.75) is 70.3 Å². The van der Waals surface area contributed by atoms with Gasteiger partial charge in [-0.3, -0.25) is 0 Å². The molecular formula is C15H24O. The van der Waals surface area contributed by atoms with Crippen molar-refractivity contribution in [3.63, 3.8) is 0 Å². The number of rotatable bonds is 1. The zero-order valence-corrected chi connectivity index (χ0v) is 10.3. The Morgan fingerprint density at radius 3 is 2.12 bits per heavy atom. The van der Waals surface area contributed by atoms with Crippen LogP contribution in [0.2, 0.25) is 0 Å². The van der Waals surface area contributed by atoms with E-state index in [1.54, 1.807) is 0 Å². The van der Waals surface area contributed by atoms with Crippen LogP contribution in [0.15, 0.2) is 0 Å². The molecular weight excluding hydrogens is 196 g/mol. The zero-order chi connectivity index (χ0) is 10.6. The van der Waals surface area contributed by atoms with Gasteiger partial charge in [-0.15, -0.1) is 0 Å². The van der Waals surface area contributed by atoms with Crippen molar-refractivity contribution in [3.05, 3.63) is 0 Å². The molecule has 4 atom stereocenters. The van der Waals surface area contributed by atoms with E-state index in [0.717, 1.165) is 17.9 Å². The van der Waals surface area contributed by atoms with Gasteiger partial charge in [0.2, 0.25) is 0 Å². The molecule has 1 nitrogen and oxygen atoms in total. The maximum atomic E-state index is 5.94. The van der Waals surface area contributed by atoms with Gasteiger partial charge in [-0.05, 0) is 49.9 Å². The normalized spacial score (nSPS) is 55.5. The molecule has 4 unspecified atom stereocenters. The first-order valence-electron chi connectivity index (χ1n) is 7.49. The molecule has 3 aliphatic carbocycles. The summed E-state index contributed by atoms with van der Waals surface area (Å²) in [6.45, 7) is 1.12. The van der Waals surface area contributed by atoms with Crippen molar-refractivity contribution in [2.75, 3.05) is 6.61 Å². The zero-order valence-electron chi connectivity index (χ0n) is 10.3. The first kappa shape index (κ1) is 9.94. The minimum Gasteiger partial charge on any atom is -0.377 e. The summed E-state index contributed by atoms with van der Waals surface area (Å²) < 4.78 is 5.94. The highest BCUT2D eigenvalue weighted by Gasteiger charge is 2.67. The SMILES string of the molecule is C1CCC2(C34CCCCC3OC4)CCC2C1. The molecule has 1 saturated heterocycles. The van der Waals surface area contributed by atoms with Crippen molar-refractivity contribution in [3.8, 4) is 0 Å². The van der Waals surface area contributed by atoms with Crippen molar-refractivity contribution < 1.29 is 4.74 Å². The number of ether oxygens (including phenoxy) is 1. The summed E-state index contributed by atoms with van der Waals surface area (Å²) in [7, 11) is 0. The molecule has 0 N–H and O–H groups in total. The van der Waals surface area contributed by atoms with Crippen LogP contribution in [0.5, 0.6) is 0 Å². The lowest BCUT2D eigenvalue weighted by Crippen LogP contribution is -2.68. The van der Waals surface area contributed by atoms with Gasteiger partial charge < -0.3 is 4.74 Å². The maximum absolute atomic E-state index is 5.94. The van der Waals surface area contributed by atoms with Crippen LogP contribution in [-0.4, -0.2) is 12.7 Å². The molecule has 0 bridgehead atoms. The predicted octanol–water partition coefficient (Wildman–Crippen LogP) is 3.92. The fourth-order valence-electron chi connectivity index (χ4n) is 5.66. The van der Waals surface area contributed by atoms with Gasteiger partial charge in [0.15, 0.2) is 0 Å². The Hall–Kier alpha value is -0.0400. The molecule has 16 heavy (non-hydrogen) atoms. The summed E-state index contributed by atoms with van der Waals surface area (Å²) >= 11 is 0. The van der Waals surface area contributed by atoms with E-state index in [1.807, 2.05) is 0 Å². The van der Waals surface area contributed by atoms with E-state index in [4.69, 9.17) is 4.74 Å². The lowest BCUT2D eigenvalue weighted by Gasteiger charge is -2.70. The third kappa shape index (κ3) is 0.978. The Labute approximate surface area is 98.9 Å². The second kappa shape index (κ2) is 3.25. The van der Waals surface area contributed by atoms with Crippen molar-refractivity contribution in [2.24, 2.45) is 16.7 Å². The van der Waals surface area contributed by atoms with E-state index in [9.17, 15) is 0 Å². The fourth-order valence-corrected chi connectivity index (χ4v) is 5.66. The molecule has 0 amide bonds. The molecule has 0 aromatic carbocycles. The molecule has 1 heteroatoms. The van der Waals surface area contributed by atoms with Crippen molar-refractivity contribution in [1.82, 2.24) is 0 Å². The van der Waals surface area contributed by atoms with Crippen LogP contribution in [0.1, 0.15) is 64.2 Å². The van der Waals surface area contributed by atoms with E-state index in [-0.39, 0.29) is 0 Å². The summed E-state index contributed by atoms with van der Waals surface area (Å²) in [4.78, 5) is 0. The topological polar surface area (TPSA) is 9.23 Å². The first-order valence-corrected chi connectivity index (χ1v) is 7.49. The molecule has 0 aromatic rings. The Bertz CT molecular complexity index is 270. The number of hydrogen-bond donors (Lipinski definition) is 0. The predicted molar refractivity (Wildman–Crippen MR) is 64.3 cm³/mol. The average Bonchev–Trinajstić information content (AvgIpc) is 2.24. The lowest BCUT2D eigenvalue weighted by molar-refractivity contribution is -0.304. The summed E-state index contributed by atoms with van der Waals surface area (Å²) in [5.74, 6) is 1.09. The smallest absolute Gasteiger partial charge is 0.0659 e. The van der Waals surface area contributed by atoms with Crippen LogP contribution < -0.4 is 0 Å². The highest BCUT2D eigenvalue weighted by atomic mass is 16.5. The standard InChI is InChI=1S/C15H24O/c1-3-8-14(10-7-12(14)5-1)15-9-4-2-6-13(15)16-11-15/h12-13H,1-11H2. The van der Waals surface area contributed by atoms with Crippen LogP contribution in [0, 0.1) is 16.7 Å². The third-order valence-electron chi connectivity index (χ3n) is 6.64. The minimum absolute atomic E-state index is 0.661. The minimum atomic E-state index is 0.661. The summed E-state index contributed by atoms with van der Waals surface area (Å²) in [6.07, 6.45) is 15.6. The van der Waals surface area contributed by atoms with E-state index in [0.29, 0.717) is 11.5 Å². The largest absolute Gasteiger partial charge is 0.377 e. The molecule has 0 aromatic heterocycles. The molecule has 0 spiro atoms. The molecule has 1 heterocycles. The molecule has 4 fully saturated rings. The maximum Gasteiger partial charge on any atom is 0.0659 e. The van der Waals surface area contributed by atoms with E-state index >= 15 is 0 Å². The van der Waals surface area contributed by atoms with Crippen LogP contribution in [0.3, 0.4) is 0 Å². The van der Waals surface area contributed by atoms with Gasteiger partial charge >= 0.3 is 0 Å². The summed E-state index contributed by atoms with van der Waals surface area (Å²) in [6, 6.07) is 0. The molecule has 3 saturated carbocycles. The lowest BCUT2D eigenvalue weighted by atomic mass is 9.39. The molecule has 90 valence electrons. The van der Waals surface area contributed by atoms with Crippen LogP contribution in [-0.2, 0) is 4.74 Å². The van der Waals surface area contributed by atoms with Gasteiger partial charge in [0, 0.05) is 5.41 Å². The second-order valence-corrected chi connectivity index (χ2v) is 6.84. The van der Waals surface area contributed by atoms with Gasteiger partial charge in [-0.25, -0.2) is 0 Å². The third-order valence-corrected chi connectivity index (χ3v) is 6.64. The van der Waals surface area contributed by atoms with Gasteiger partial charge in [0.25, 0.3) is 0 Å². The van der Waals surface area contributed by atoms with Gasteiger partial charge in [0.05, 0.1) is 12.7 Å². The van der Waals surface area contributed by atoms with E-state index in [1.165, 1.54) is 64.2 Å². The molecule has 1 aliphatic heterocycles.